The number of carbonyl (C=O) groups is 2. The zero-order chi connectivity index (χ0) is 15.2. The Morgan fingerprint density at radius 3 is 2.67 bits per heavy atom. The van der Waals surface area contributed by atoms with Crippen molar-refractivity contribution in [3.63, 3.8) is 0 Å². The molecule has 2 N–H and O–H groups in total. The number of aliphatic carboxylic acids is 1. The normalized spacial score (nSPS) is 10.7. The average molecular weight is 302 g/mol. The van der Waals surface area contributed by atoms with Crippen LogP contribution in [0, 0.1) is 6.92 Å². The molecule has 1 amide bonds. The Hall–Kier alpha value is -2.47. The van der Waals surface area contributed by atoms with E-state index in [-0.39, 0.29) is 0 Å². The number of nitrogens with zero attached hydrogens (tertiary/aromatic N) is 1. The van der Waals surface area contributed by atoms with Crippen LogP contribution in [-0.4, -0.2) is 22.0 Å². The Kier molecular flexibility index (Phi) is 4.84. The summed E-state index contributed by atoms with van der Waals surface area (Å²) in [5.74, 6) is -1.67. The SMILES string of the molecule is Cc1ccc(Cc2cnc(NC(=O)/C=C/C(=O)O)s2)cc1. The van der Waals surface area contributed by atoms with Crippen LogP contribution >= 0.6 is 11.3 Å². The summed E-state index contributed by atoms with van der Waals surface area (Å²) in [6.07, 6.45) is 4.21. The lowest BCUT2D eigenvalue weighted by molar-refractivity contribution is -0.131. The van der Waals surface area contributed by atoms with E-state index >= 15 is 0 Å². The summed E-state index contributed by atoms with van der Waals surface area (Å²) in [6, 6.07) is 8.22. The number of benzene rings is 1. The first kappa shape index (κ1) is 14.9. The fourth-order valence-electron chi connectivity index (χ4n) is 1.65. The first-order valence-electron chi connectivity index (χ1n) is 6.25. The molecule has 1 aromatic heterocycles. The number of carboxylic acid groups (broad SMARTS) is 1. The Morgan fingerprint density at radius 1 is 1.29 bits per heavy atom. The summed E-state index contributed by atoms with van der Waals surface area (Å²) in [5, 5.41) is 11.4. The lowest BCUT2D eigenvalue weighted by Gasteiger charge is -1.99. The molecule has 0 spiro atoms. The summed E-state index contributed by atoms with van der Waals surface area (Å²) < 4.78 is 0. The fourth-order valence-corrected chi connectivity index (χ4v) is 2.50. The minimum atomic E-state index is -1.16. The van der Waals surface area contributed by atoms with Crippen LogP contribution in [0.4, 0.5) is 5.13 Å². The van der Waals surface area contributed by atoms with Crippen molar-refractivity contribution in [3.8, 4) is 0 Å². The number of hydrogen-bond donors (Lipinski definition) is 2. The van der Waals surface area contributed by atoms with Crippen molar-refractivity contribution in [2.45, 2.75) is 13.3 Å². The molecule has 21 heavy (non-hydrogen) atoms. The molecule has 0 aliphatic rings. The van der Waals surface area contributed by atoms with Crippen molar-refractivity contribution in [2.24, 2.45) is 0 Å². The number of anilines is 1. The maximum atomic E-state index is 11.4. The summed E-state index contributed by atoms with van der Waals surface area (Å²) in [5.41, 5.74) is 2.38. The van der Waals surface area contributed by atoms with E-state index < -0.39 is 11.9 Å². The highest BCUT2D eigenvalue weighted by molar-refractivity contribution is 7.15. The fraction of sp³-hybridized carbons (Fsp3) is 0.133. The van der Waals surface area contributed by atoms with Gasteiger partial charge in [-0.05, 0) is 12.5 Å². The van der Waals surface area contributed by atoms with Gasteiger partial charge >= 0.3 is 5.97 Å². The molecule has 1 aromatic carbocycles. The highest BCUT2D eigenvalue weighted by Gasteiger charge is 2.05. The Morgan fingerprint density at radius 2 is 2.00 bits per heavy atom. The molecule has 1 heterocycles. The average Bonchev–Trinajstić information content (AvgIpc) is 2.86. The monoisotopic (exact) mass is 302 g/mol. The predicted octanol–water partition coefficient (Wildman–Crippen LogP) is 2.62. The number of amides is 1. The van der Waals surface area contributed by atoms with Gasteiger partial charge in [-0.2, -0.15) is 0 Å². The predicted molar refractivity (Wildman–Crippen MR) is 81.5 cm³/mol. The van der Waals surface area contributed by atoms with Gasteiger partial charge in [0.2, 0.25) is 5.91 Å². The van der Waals surface area contributed by atoms with Gasteiger partial charge in [0.25, 0.3) is 0 Å². The van der Waals surface area contributed by atoms with Crippen LogP contribution in [0.15, 0.2) is 42.6 Å². The Labute approximate surface area is 126 Å². The number of nitrogens with one attached hydrogen (secondary N) is 1. The second kappa shape index (κ2) is 6.81. The largest absolute Gasteiger partial charge is 0.478 e. The van der Waals surface area contributed by atoms with E-state index in [1.807, 2.05) is 6.92 Å². The summed E-state index contributed by atoms with van der Waals surface area (Å²) >= 11 is 1.37. The van der Waals surface area contributed by atoms with Crippen molar-refractivity contribution in [1.82, 2.24) is 4.98 Å². The van der Waals surface area contributed by atoms with Gasteiger partial charge in [0.1, 0.15) is 0 Å². The van der Waals surface area contributed by atoms with E-state index in [9.17, 15) is 9.59 Å². The molecule has 5 nitrogen and oxygen atoms in total. The van der Waals surface area contributed by atoms with Gasteiger partial charge in [-0.15, -0.1) is 11.3 Å². The number of aryl methyl sites for hydroxylation is 1. The standard InChI is InChI=1S/C15H14N2O3S/c1-10-2-4-11(5-3-10)8-12-9-16-15(21-12)17-13(18)6-7-14(19)20/h2-7,9H,8H2,1H3,(H,19,20)(H,16,17,18)/b7-6+. The maximum absolute atomic E-state index is 11.4. The highest BCUT2D eigenvalue weighted by atomic mass is 32.1. The molecule has 108 valence electrons. The van der Waals surface area contributed by atoms with E-state index in [0.29, 0.717) is 5.13 Å². The molecule has 0 unspecified atom stereocenters. The highest BCUT2D eigenvalue weighted by Crippen LogP contribution is 2.21. The molecule has 6 heteroatoms. The third-order valence-electron chi connectivity index (χ3n) is 2.66. The van der Waals surface area contributed by atoms with Gasteiger partial charge in [-0.3, -0.25) is 10.1 Å². The first-order valence-corrected chi connectivity index (χ1v) is 7.07. The van der Waals surface area contributed by atoms with Crippen molar-refractivity contribution >= 4 is 28.3 Å². The number of carbonyl (C=O) groups excluding carboxylic acids is 1. The van der Waals surface area contributed by atoms with Crippen LogP contribution in [-0.2, 0) is 16.0 Å². The number of thiazole rings is 1. The second-order valence-corrected chi connectivity index (χ2v) is 5.57. The number of aromatic nitrogens is 1. The zero-order valence-electron chi connectivity index (χ0n) is 11.4. The molecular weight excluding hydrogens is 288 g/mol. The van der Waals surface area contributed by atoms with Crippen molar-refractivity contribution < 1.29 is 14.7 Å². The quantitative estimate of drug-likeness (QED) is 0.832. The van der Waals surface area contributed by atoms with Crippen LogP contribution in [0.1, 0.15) is 16.0 Å². The van der Waals surface area contributed by atoms with Gasteiger partial charge in [-0.25, -0.2) is 9.78 Å². The molecule has 2 rings (SSSR count). The van der Waals surface area contributed by atoms with Crippen LogP contribution < -0.4 is 5.32 Å². The van der Waals surface area contributed by atoms with E-state index in [4.69, 9.17) is 5.11 Å². The summed E-state index contributed by atoms with van der Waals surface area (Å²) in [7, 11) is 0. The van der Waals surface area contributed by atoms with Gasteiger partial charge in [-0.1, -0.05) is 29.8 Å². The van der Waals surface area contributed by atoms with Crippen molar-refractivity contribution in [2.75, 3.05) is 5.32 Å². The van der Waals surface area contributed by atoms with Crippen LogP contribution in [0.3, 0.4) is 0 Å². The van der Waals surface area contributed by atoms with E-state index in [1.165, 1.54) is 22.5 Å². The Balaban J connectivity index is 1.96. The molecule has 0 aliphatic heterocycles. The summed E-state index contributed by atoms with van der Waals surface area (Å²) in [6.45, 7) is 2.04. The smallest absolute Gasteiger partial charge is 0.328 e. The van der Waals surface area contributed by atoms with Gasteiger partial charge in [0.15, 0.2) is 5.13 Å². The number of hydrogen-bond acceptors (Lipinski definition) is 4. The maximum Gasteiger partial charge on any atom is 0.328 e. The van der Waals surface area contributed by atoms with Crippen molar-refractivity contribution in [3.05, 3.63) is 58.6 Å². The molecule has 0 fully saturated rings. The van der Waals surface area contributed by atoms with Crippen molar-refractivity contribution in [1.29, 1.82) is 0 Å². The molecule has 0 saturated heterocycles. The molecule has 0 radical (unpaired) electrons. The van der Waals surface area contributed by atoms with Crippen LogP contribution in [0.2, 0.25) is 0 Å². The molecule has 0 aliphatic carbocycles. The molecule has 0 saturated carbocycles. The Bertz CT molecular complexity index is 674. The molecular formula is C15H14N2O3S. The molecule has 0 atom stereocenters. The summed E-state index contributed by atoms with van der Waals surface area (Å²) in [4.78, 5) is 26.9. The van der Waals surface area contributed by atoms with Gasteiger partial charge in [0.05, 0.1) is 0 Å². The van der Waals surface area contributed by atoms with Crippen LogP contribution in [0.5, 0.6) is 0 Å². The van der Waals surface area contributed by atoms with E-state index in [2.05, 4.69) is 34.6 Å². The third-order valence-corrected chi connectivity index (χ3v) is 3.57. The second-order valence-electron chi connectivity index (χ2n) is 4.45. The molecule has 2 aromatic rings. The number of carboxylic acids is 1. The van der Waals surface area contributed by atoms with Gasteiger partial charge in [0, 0.05) is 29.6 Å². The third kappa shape index (κ3) is 4.85. The van der Waals surface area contributed by atoms with E-state index in [0.717, 1.165) is 23.5 Å². The minimum Gasteiger partial charge on any atom is -0.478 e. The lowest BCUT2D eigenvalue weighted by atomic mass is 10.1. The molecule has 0 bridgehead atoms. The lowest BCUT2D eigenvalue weighted by Crippen LogP contribution is -2.08. The first-order chi connectivity index (χ1) is 10.0. The van der Waals surface area contributed by atoms with Crippen LogP contribution in [0.25, 0.3) is 0 Å². The number of rotatable bonds is 5. The minimum absolute atomic E-state index is 0.456. The van der Waals surface area contributed by atoms with Gasteiger partial charge < -0.3 is 5.11 Å². The zero-order valence-corrected chi connectivity index (χ0v) is 12.2. The van der Waals surface area contributed by atoms with E-state index in [1.54, 1.807) is 6.20 Å². The topological polar surface area (TPSA) is 79.3 Å².